The molecule has 2 aromatic carbocycles. The standard InChI is InChI=1S/C19H19NO/c1-13-7-9-15(10-8-13)19(21)11-14(2)17-12-20-18-6-4-3-5-16(17)18/h3-10,12,14,20H,11H2,1-2H3/t14-/m1/s1. The SMILES string of the molecule is Cc1ccc(C(=O)C[C@@H](C)c2c[nH]c3ccccc23)cc1. The van der Waals surface area contributed by atoms with Gasteiger partial charge in [-0.05, 0) is 24.5 Å². The molecular formula is C19H19NO. The van der Waals surface area contributed by atoms with Crippen LogP contribution in [0.3, 0.4) is 0 Å². The molecule has 0 aliphatic carbocycles. The average Bonchev–Trinajstić information content (AvgIpc) is 2.92. The maximum absolute atomic E-state index is 12.4. The van der Waals surface area contributed by atoms with Gasteiger partial charge in [0.2, 0.25) is 0 Å². The van der Waals surface area contributed by atoms with Crippen molar-refractivity contribution in [2.45, 2.75) is 26.2 Å². The Labute approximate surface area is 124 Å². The van der Waals surface area contributed by atoms with Crippen molar-refractivity contribution in [3.63, 3.8) is 0 Å². The predicted octanol–water partition coefficient (Wildman–Crippen LogP) is 4.85. The van der Waals surface area contributed by atoms with Crippen molar-refractivity contribution in [3.05, 3.63) is 71.4 Å². The minimum atomic E-state index is 0.202. The van der Waals surface area contributed by atoms with E-state index >= 15 is 0 Å². The van der Waals surface area contributed by atoms with Gasteiger partial charge >= 0.3 is 0 Å². The molecule has 0 saturated carbocycles. The fourth-order valence-corrected chi connectivity index (χ4v) is 2.75. The minimum Gasteiger partial charge on any atom is -0.361 e. The summed E-state index contributed by atoms with van der Waals surface area (Å²) >= 11 is 0. The van der Waals surface area contributed by atoms with E-state index in [9.17, 15) is 4.79 Å². The van der Waals surface area contributed by atoms with Crippen LogP contribution in [-0.4, -0.2) is 10.8 Å². The summed E-state index contributed by atoms with van der Waals surface area (Å²) in [5.74, 6) is 0.405. The number of carbonyl (C=O) groups excluding carboxylic acids is 1. The van der Waals surface area contributed by atoms with Crippen molar-refractivity contribution < 1.29 is 4.79 Å². The summed E-state index contributed by atoms with van der Waals surface area (Å²) in [5, 5.41) is 1.21. The van der Waals surface area contributed by atoms with Gasteiger partial charge in [0.15, 0.2) is 5.78 Å². The number of nitrogens with one attached hydrogen (secondary N) is 1. The fraction of sp³-hybridized carbons (Fsp3) is 0.211. The van der Waals surface area contributed by atoms with E-state index in [1.54, 1.807) is 0 Å². The molecule has 0 saturated heterocycles. The molecule has 0 unspecified atom stereocenters. The Kier molecular flexibility index (Phi) is 3.61. The fourth-order valence-electron chi connectivity index (χ4n) is 2.75. The van der Waals surface area contributed by atoms with Gasteiger partial charge in [-0.25, -0.2) is 0 Å². The monoisotopic (exact) mass is 277 g/mol. The highest BCUT2D eigenvalue weighted by Crippen LogP contribution is 2.28. The lowest BCUT2D eigenvalue weighted by Gasteiger charge is -2.10. The van der Waals surface area contributed by atoms with Gasteiger partial charge in [0.25, 0.3) is 0 Å². The topological polar surface area (TPSA) is 32.9 Å². The Bertz CT molecular complexity index is 768. The molecule has 0 radical (unpaired) electrons. The van der Waals surface area contributed by atoms with Gasteiger partial charge in [-0.3, -0.25) is 4.79 Å². The molecule has 0 aliphatic heterocycles. The second-order valence-electron chi connectivity index (χ2n) is 5.68. The Morgan fingerprint density at radius 3 is 2.57 bits per heavy atom. The second-order valence-corrected chi connectivity index (χ2v) is 5.68. The number of rotatable bonds is 4. The van der Waals surface area contributed by atoms with E-state index in [2.05, 4.69) is 24.0 Å². The Balaban J connectivity index is 1.81. The third kappa shape index (κ3) is 2.75. The molecule has 3 aromatic rings. The zero-order valence-electron chi connectivity index (χ0n) is 12.4. The summed E-state index contributed by atoms with van der Waals surface area (Å²) in [7, 11) is 0. The van der Waals surface area contributed by atoms with Crippen LogP contribution in [0.1, 0.15) is 40.7 Å². The first-order valence-electron chi connectivity index (χ1n) is 7.31. The van der Waals surface area contributed by atoms with E-state index in [0.29, 0.717) is 6.42 Å². The van der Waals surface area contributed by atoms with Crippen molar-refractivity contribution in [3.8, 4) is 0 Å². The van der Waals surface area contributed by atoms with E-state index in [1.807, 2.05) is 49.5 Å². The largest absolute Gasteiger partial charge is 0.361 e. The summed E-state index contributed by atoms with van der Waals surface area (Å²) < 4.78 is 0. The quantitative estimate of drug-likeness (QED) is 0.679. The van der Waals surface area contributed by atoms with Crippen LogP contribution in [0, 0.1) is 6.92 Å². The van der Waals surface area contributed by atoms with Gasteiger partial charge in [0.1, 0.15) is 0 Å². The first kappa shape index (κ1) is 13.6. The highest BCUT2D eigenvalue weighted by Gasteiger charge is 2.16. The van der Waals surface area contributed by atoms with Crippen LogP contribution < -0.4 is 0 Å². The average molecular weight is 277 g/mol. The summed E-state index contributed by atoms with van der Waals surface area (Å²) in [6.45, 7) is 4.14. The predicted molar refractivity (Wildman–Crippen MR) is 86.8 cm³/mol. The van der Waals surface area contributed by atoms with Gasteiger partial charge in [0, 0.05) is 29.1 Å². The maximum Gasteiger partial charge on any atom is 0.163 e. The number of aryl methyl sites for hydroxylation is 1. The highest BCUT2D eigenvalue weighted by molar-refractivity contribution is 5.97. The summed E-state index contributed by atoms with van der Waals surface area (Å²) in [5.41, 5.74) is 4.32. The maximum atomic E-state index is 12.4. The molecule has 1 N–H and O–H groups in total. The van der Waals surface area contributed by atoms with Gasteiger partial charge in [-0.15, -0.1) is 0 Å². The van der Waals surface area contributed by atoms with Crippen molar-refractivity contribution in [2.75, 3.05) is 0 Å². The summed E-state index contributed by atoms with van der Waals surface area (Å²) in [4.78, 5) is 15.7. The molecular weight excluding hydrogens is 258 g/mol. The van der Waals surface area contributed by atoms with Crippen molar-refractivity contribution in [2.24, 2.45) is 0 Å². The van der Waals surface area contributed by atoms with Crippen LogP contribution in [-0.2, 0) is 0 Å². The number of Topliss-reactive ketones (excluding diaryl/α,β-unsaturated/α-hetero) is 1. The Morgan fingerprint density at radius 2 is 1.81 bits per heavy atom. The van der Waals surface area contributed by atoms with Gasteiger partial charge in [-0.1, -0.05) is 55.0 Å². The Hall–Kier alpha value is -2.35. The van der Waals surface area contributed by atoms with Crippen molar-refractivity contribution in [1.29, 1.82) is 0 Å². The number of aromatic amines is 1. The third-order valence-corrected chi connectivity index (χ3v) is 4.02. The highest BCUT2D eigenvalue weighted by atomic mass is 16.1. The van der Waals surface area contributed by atoms with E-state index in [0.717, 1.165) is 11.1 Å². The van der Waals surface area contributed by atoms with Crippen LogP contribution in [0.4, 0.5) is 0 Å². The smallest absolute Gasteiger partial charge is 0.163 e. The molecule has 1 heterocycles. The zero-order valence-corrected chi connectivity index (χ0v) is 12.4. The molecule has 2 nitrogen and oxygen atoms in total. The third-order valence-electron chi connectivity index (χ3n) is 4.02. The number of carbonyl (C=O) groups is 1. The zero-order chi connectivity index (χ0) is 14.8. The molecule has 0 aliphatic rings. The van der Waals surface area contributed by atoms with Crippen molar-refractivity contribution >= 4 is 16.7 Å². The lowest BCUT2D eigenvalue weighted by Crippen LogP contribution is -2.04. The lowest BCUT2D eigenvalue weighted by atomic mass is 9.93. The first-order chi connectivity index (χ1) is 10.1. The molecule has 0 amide bonds. The van der Waals surface area contributed by atoms with Crippen LogP contribution >= 0.6 is 0 Å². The molecule has 1 atom stereocenters. The Morgan fingerprint density at radius 1 is 1.10 bits per heavy atom. The van der Waals surface area contributed by atoms with Crippen LogP contribution in [0.2, 0.25) is 0 Å². The van der Waals surface area contributed by atoms with Crippen LogP contribution in [0.15, 0.2) is 54.7 Å². The molecule has 3 rings (SSSR count). The molecule has 0 spiro atoms. The normalized spacial score (nSPS) is 12.5. The summed E-state index contributed by atoms with van der Waals surface area (Å²) in [6, 6.07) is 16.0. The number of hydrogen-bond donors (Lipinski definition) is 1. The van der Waals surface area contributed by atoms with E-state index < -0.39 is 0 Å². The van der Waals surface area contributed by atoms with Gasteiger partial charge < -0.3 is 4.98 Å². The molecule has 106 valence electrons. The molecule has 0 fully saturated rings. The van der Waals surface area contributed by atoms with E-state index in [-0.39, 0.29) is 11.7 Å². The summed E-state index contributed by atoms with van der Waals surface area (Å²) in [6.07, 6.45) is 2.56. The van der Waals surface area contributed by atoms with E-state index in [1.165, 1.54) is 16.5 Å². The molecule has 1 aromatic heterocycles. The number of H-pyrrole nitrogens is 1. The minimum absolute atomic E-state index is 0.202. The number of ketones is 1. The van der Waals surface area contributed by atoms with Crippen molar-refractivity contribution in [1.82, 2.24) is 4.98 Å². The second kappa shape index (κ2) is 5.57. The number of benzene rings is 2. The first-order valence-corrected chi connectivity index (χ1v) is 7.31. The lowest BCUT2D eigenvalue weighted by molar-refractivity contribution is 0.0976. The number of aromatic nitrogens is 1. The molecule has 0 bridgehead atoms. The van der Waals surface area contributed by atoms with E-state index in [4.69, 9.17) is 0 Å². The molecule has 2 heteroatoms. The molecule has 21 heavy (non-hydrogen) atoms. The van der Waals surface area contributed by atoms with Gasteiger partial charge in [-0.2, -0.15) is 0 Å². The number of fused-ring (bicyclic) bond motifs is 1. The van der Waals surface area contributed by atoms with Crippen LogP contribution in [0.5, 0.6) is 0 Å². The number of para-hydroxylation sites is 1. The van der Waals surface area contributed by atoms with Crippen LogP contribution in [0.25, 0.3) is 10.9 Å². The number of hydrogen-bond acceptors (Lipinski definition) is 1. The van der Waals surface area contributed by atoms with Gasteiger partial charge in [0.05, 0.1) is 0 Å².